The molecular weight excluding hydrogens is 450 g/mol. The second kappa shape index (κ2) is 10.6. The van der Waals surface area contributed by atoms with Crippen LogP contribution in [0, 0.1) is 0 Å². The van der Waals surface area contributed by atoms with Gasteiger partial charge in [0.1, 0.15) is 10.6 Å². The van der Waals surface area contributed by atoms with Gasteiger partial charge >= 0.3 is 10.1 Å². The summed E-state index contributed by atoms with van der Waals surface area (Å²) in [6.07, 6.45) is 0.210. The van der Waals surface area contributed by atoms with Crippen LogP contribution in [0.5, 0.6) is 5.75 Å². The van der Waals surface area contributed by atoms with Gasteiger partial charge in [0.15, 0.2) is 0 Å². The molecule has 8 heteroatoms. The molecule has 0 radical (unpaired) electrons. The van der Waals surface area contributed by atoms with Crippen molar-refractivity contribution < 1.29 is 22.1 Å². The van der Waals surface area contributed by atoms with Crippen LogP contribution in [0.15, 0.2) is 77.7 Å². The molecule has 1 atom stereocenters. The van der Waals surface area contributed by atoms with Gasteiger partial charge in [0.25, 0.3) is 0 Å². The van der Waals surface area contributed by atoms with Crippen LogP contribution in [-0.2, 0) is 26.1 Å². The van der Waals surface area contributed by atoms with Crippen LogP contribution < -0.4 is 9.50 Å². The summed E-state index contributed by atoms with van der Waals surface area (Å²) in [6, 6.07) is 20.1. The SMILES string of the molecule is CCOC(Cc1cccc(S(=O)(=O)Oc2ccc(NC(C)=O)cc2)c1)c1cccc(Cl)c1. The minimum atomic E-state index is -4.04. The summed E-state index contributed by atoms with van der Waals surface area (Å²) in [7, 11) is -4.04. The standard InChI is InChI=1S/C24H24ClNO5S/c1-3-30-24(19-7-5-8-20(25)16-19)15-18-6-4-9-23(14-18)32(28,29)31-22-12-10-21(11-13-22)26-17(2)27/h4-14,16,24H,3,15H2,1-2H3,(H,26,27). The Balaban J connectivity index is 1.78. The fraction of sp³-hybridized carbons (Fsp3) is 0.208. The Morgan fingerprint density at radius 3 is 2.41 bits per heavy atom. The summed E-state index contributed by atoms with van der Waals surface area (Å²) in [6.45, 7) is 3.81. The van der Waals surface area contributed by atoms with Gasteiger partial charge in [-0.25, -0.2) is 0 Å². The Bertz CT molecular complexity index is 1180. The zero-order valence-corrected chi connectivity index (χ0v) is 19.3. The van der Waals surface area contributed by atoms with Crippen molar-refractivity contribution in [2.75, 3.05) is 11.9 Å². The zero-order valence-electron chi connectivity index (χ0n) is 17.7. The minimum Gasteiger partial charge on any atom is -0.379 e. The average molecular weight is 474 g/mol. The lowest BCUT2D eigenvalue weighted by atomic mass is 10.0. The smallest absolute Gasteiger partial charge is 0.339 e. The number of carbonyl (C=O) groups is 1. The molecule has 6 nitrogen and oxygen atoms in total. The Morgan fingerprint density at radius 1 is 1.03 bits per heavy atom. The molecular formula is C24H24ClNO5S. The minimum absolute atomic E-state index is 0.0438. The first-order valence-corrected chi connectivity index (χ1v) is 11.8. The normalized spacial score (nSPS) is 12.2. The van der Waals surface area contributed by atoms with Gasteiger partial charge in [-0.15, -0.1) is 0 Å². The number of ether oxygens (including phenoxy) is 1. The zero-order chi connectivity index (χ0) is 23.1. The molecule has 0 aliphatic heterocycles. The first-order valence-electron chi connectivity index (χ1n) is 10.0. The van der Waals surface area contributed by atoms with Gasteiger partial charge in [-0.05, 0) is 66.6 Å². The molecule has 0 saturated carbocycles. The summed E-state index contributed by atoms with van der Waals surface area (Å²) >= 11 is 6.12. The van der Waals surface area contributed by atoms with Crippen LogP contribution in [-0.4, -0.2) is 20.9 Å². The summed E-state index contributed by atoms with van der Waals surface area (Å²) in [5, 5.41) is 3.23. The van der Waals surface area contributed by atoms with E-state index >= 15 is 0 Å². The highest BCUT2D eigenvalue weighted by Gasteiger charge is 2.19. The van der Waals surface area contributed by atoms with E-state index in [0.29, 0.717) is 23.7 Å². The lowest BCUT2D eigenvalue weighted by Gasteiger charge is -2.18. The maximum atomic E-state index is 12.8. The van der Waals surface area contributed by atoms with Gasteiger partial charge in [-0.3, -0.25) is 4.79 Å². The molecule has 0 fully saturated rings. The molecule has 0 aliphatic carbocycles. The largest absolute Gasteiger partial charge is 0.379 e. The highest BCUT2D eigenvalue weighted by atomic mass is 35.5. The van der Waals surface area contributed by atoms with Gasteiger partial charge in [0, 0.05) is 30.7 Å². The van der Waals surface area contributed by atoms with E-state index in [0.717, 1.165) is 11.1 Å². The van der Waals surface area contributed by atoms with Gasteiger partial charge in [-0.2, -0.15) is 8.42 Å². The highest BCUT2D eigenvalue weighted by Crippen LogP contribution is 2.27. The quantitative estimate of drug-likeness (QED) is 0.421. The number of nitrogens with one attached hydrogen (secondary N) is 1. The van der Waals surface area contributed by atoms with Gasteiger partial charge in [-0.1, -0.05) is 35.9 Å². The van der Waals surface area contributed by atoms with E-state index in [-0.39, 0.29) is 22.7 Å². The lowest BCUT2D eigenvalue weighted by molar-refractivity contribution is -0.114. The number of benzene rings is 3. The van der Waals surface area contributed by atoms with Crippen molar-refractivity contribution in [3.8, 4) is 5.75 Å². The van der Waals surface area contributed by atoms with Gasteiger partial charge in [0.2, 0.25) is 5.91 Å². The average Bonchev–Trinajstić information content (AvgIpc) is 2.74. The molecule has 3 aromatic rings. The number of halogens is 1. The fourth-order valence-electron chi connectivity index (χ4n) is 3.19. The Hall–Kier alpha value is -2.87. The van der Waals surface area contributed by atoms with Crippen molar-refractivity contribution in [1.82, 2.24) is 0 Å². The van der Waals surface area contributed by atoms with Crippen LogP contribution in [0.25, 0.3) is 0 Å². The van der Waals surface area contributed by atoms with E-state index in [2.05, 4.69) is 5.32 Å². The fourth-order valence-corrected chi connectivity index (χ4v) is 4.40. The molecule has 32 heavy (non-hydrogen) atoms. The maximum absolute atomic E-state index is 12.8. The third kappa shape index (κ3) is 6.56. The number of rotatable bonds is 9. The molecule has 3 aromatic carbocycles. The summed E-state index contributed by atoms with van der Waals surface area (Å²) in [5.41, 5.74) is 2.25. The maximum Gasteiger partial charge on any atom is 0.339 e. The Morgan fingerprint density at radius 2 is 1.75 bits per heavy atom. The molecule has 0 aliphatic rings. The Labute approximate surface area is 193 Å². The summed E-state index contributed by atoms with van der Waals surface area (Å²) in [4.78, 5) is 11.2. The molecule has 0 spiro atoms. The third-order valence-corrected chi connectivity index (χ3v) is 6.06. The van der Waals surface area contributed by atoms with Crippen LogP contribution in [0.2, 0.25) is 5.02 Å². The van der Waals surface area contributed by atoms with E-state index in [9.17, 15) is 13.2 Å². The van der Waals surface area contributed by atoms with Gasteiger partial charge < -0.3 is 14.2 Å². The topological polar surface area (TPSA) is 81.7 Å². The van der Waals surface area contributed by atoms with Crippen LogP contribution in [0.1, 0.15) is 31.1 Å². The van der Waals surface area contributed by atoms with E-state index in [1.54, 1.807) is 30.3 Å². The molecule has 0 bridgehead atoms. The lowest BCUT2D eigenvalue weighted by Crippen LogP contribution is -2.12. The van der Waals surface area contributed by atoms with E-state index in [1.807, 2.05) is 31.2 Å². The highest BCUT2D eigenvalue weighted by molar-refractivity contribution is 7.87. The second-order valence-corrected chi connectivity index (χ2v) is 9.08. The molecule has 0 aromatic heterocycles. The predicted molar refractivity (Wildman–Crippen MR) is 125 cm³/mol. The summed E-state index contributed by atoms with van der Waals surface area (Å²) < 4.78 is 36.7. The number of hydrogen-bond acceptors (Lipinski definition) is 5. The number of anilines is 1. The number of carbonyl (C=O) groups excluding carboxylic acids is 1. The molecule has 0 saturated heterocycles. The van der Waals surface area contributed by atoms with Crippen LogP contribution in [0.3, 0.4) is 0 Å². The molecule has 0 heterocycles. The molecule has 3 rings (SSSR count). The van der Waals surface area contributed by atoms with E-state index < -0.39 is 10.1 Å². The first kappa shape index (κ1) is 23.8. The predicted octanol–water partition coefficient (Wildman–Crippen LogP) is 5.39. The second-order valence-electron chi connectivity index (χ2n) is 7.09. The van der Waals surface area contributed by atoms with Crippen molar-refractivity contribution >= 4 is 33.3 Å². The Kier molecular flexibility index (Phi) is 7.90. The van der Waals surface area contributed by atoms with Crippen molar-refractivity contribution in [1.29, 1.82) is 0 Å². The van der Waals surface area contributed by atoms with Crippen molar-refractivity contribution in [2.45, 2.75) is 31.3 Å². The molecule has 1 unspecified atom stereocenters. The molecule has 168 valence electrons. The number of amides is 1. The van der Waals surface area contributed by atoms with Crippen molar-refractivity contribution in [3.05, 3.63) is 88.9 Å². The van der Waals surface area contributed by atoms with Crippen LogP contribution in [0.4, 0.5) is 5.69 Å². The monoisotopic (exact) mass is 473 g/mol. The number of hydrogen-bond donors (Lipinski definition) is 1. The molecule has 1 amide bonds. The van der Waals surface area contributed by atoms with Crippen LogP contribution >= 0.6 is 11.6 Å². The first-order chi connectivity index (χ1) is 15.3. The summed E-state index contributed by atoms with van der Waals surface area (Å²) in [5.74, 6) is -0.0677. The third-order valence-electron chi connectivity index (χ3n) is 4.58. The van der Waals surface area contributed by atoms with Gasteiger partial charge in [0.05, 0.1) is 6.10 Å². The van der Waals surface area contributed by atoms with Crippen molar-refractivity contribution in [2.24, 2.45) is 0 Å². The van der Waals surface area contributed by atoms with Crippen molar-refractivity contribution in [3.63, 3.8) is 0 Å². The van der Waals surface area contributed by atoms with E-state index in [1.165, 1.54) is 25.1 Å². The molecule has 1 N–H and O–H groups in total. The van der Waals surface area contributed by atoms with E-state index in [4.69, 9.17) is 20.5 Å².